The normalized spacial score (nSPS) is 12.8. The Labute approximate surface area is 169 Å². The van der Waals surface area contributed by atoms with Crippen molar-refractivity contribution in [3.05, 3.63) is 59.7 Å². The summed E-state index contributed by atoms with van der Waals surface area (Å²) in [6.07, 6.45) is -0.442. The molecule has 8 nitrogen and oxygen atoms in total. The van der Waals surface area contributed by atoms with Gasteiger partial charge >= 0.3 is 0 Å². The maximum Gasteiger partial charge on any atom is 0.268 e. The molecule has 2 atom stereocenters. The van der Waals surface area contributed by atoms with E-state index in [1.165, 1.54) is 12.4 Å². The van der Waals surface area contributed by atoms with Crippen molar-refractivity contribution in [1.29, 1.82) is 0 Å². The molecule has 2 aromatic rings. The standard InChI is InChI=1S/C21H27N3O5/c1-14(26)19(21(28)24-29)23-20(27)18-9-7-17(8-10-18)16-5-3-15(4-6-16)13-22-11-2-12-25/h3-10,14,19,22,25-26,29H,2,11-13H2,1H3,(H,23,27)(H,24,28)/t14-,19+/m1/s1. The number of rotatable bonds is 10. The van der Waals surface area contributed by atoms with Gasteiger partial charge in [0.2, 0.25) is 0 Å². The van der Waals surface area contributed by atoms with E-state index in [2.05, 4.69) is 10.6 Å². The third kappa shape index (κ3) is 6.65. The quantitative estimate of drug-likeness (QED) is 0.198. The molecule has 0 fully saturated rings. The van der Waals surface area contributed by atoms with Crippen molar-refractivity contribution >= 4 is 11.8 Å². The SMILES string of the molecule is C[C@@H](O)[C@H](NC(=O)c1ccc(-c2ccc(CNCCCO)cc2)cc1)C(=O)NO. The molecule has 8 heteroatoms. The van der Waals surface area contributed by atoms with Crippen LogP contribution in [0.1, 0.15) is 29.3 Å². The summed E-state index contributed by atoms with van der Waals surface area (Å²) in [5, 5.41) is 32.7. The van der Waals surface area contributed by atoms with E-state index in [0.717, 1.165) is 36.2 Å². The van der Waals surface area contributed by atoms with Crippen LogP contribution in [0.25, 0.3) is 11.1 Å². The smallest absolute Gasteiger partial charge is 0.268 e. The lowest BCUT2D eigenvalue weighted by Crippen LogP contribution is -2.51. The van der Waals surface area contributed by atoms with Crippen molar-refractivity contribution in [1.82, 2.24) is 16.1 Å². The molecule has 0 bridgehead atoms. The first-order valence-electron chi connectivity index (χ1n) is 9.40. The summed E-state index contributed by atoms with van der Waals surface area (Å²) in [4.78, 5) is 23.8. The number of hydroxylamine groups is 1. The van der Waals surface area contributed by atoms with Gasteiger partial charge in [0, 0.05) is 18.7 Å². The number of hydrogen-bond acceptors (Lipinski definition) is 6. The number of hydrogen-bond donors (Lipinski definition) is 6. The second-order valence-corrected chi connectivity index (χ2v) is 6.70. The van der Waals surface area contributed by atoms with E-state index >= 15 is 0 Å². The molecule has 0 radical (unpaired) electrons. The first-order valence-corrected chi connectivity index (χ1v) is 9.40. The molecule has 0 saturated carbocycles. The molecular formula is C21H27N3O5. The van der Waals surface area contributed by atoms with Gasteiger partial charge in [-0.25, -0.2) is 5.48 Å². The monoisotopic (exact) mass is 401 g/mol. The predicted molar refractivity (Wildman–Crippen MR) is 108 cm³/mol. The summed E-state index contributed by atoms with van der Waals surface area (Å²) < 4.78 is 0. The van der Waals surface area contributed by atoms with Crippen LogP contribution in [-0.4, -0.2) is 52.5 Å². The van der Waals surface area contributed by atoms with Gasteiger partial charge in [-0.15, -0.1) is 0 Å². The highest BCUT2D eigenvalue weighted by Gasteiger charge is 2.25. The van der Waals surface area contributed by atoms with Crippen LogP contribution in [-0.2, 0) is 11.3 Å². The average molecular weight is 401 g/mol. The van der Waals surface area contributed by atoms with Crippen molar-refractivity contribution in [2.45, 2.75) is 32.0 Å². The Balaban J connectivity index is 2.00. The van der Waals surface area contributed by atoms with Gasteiger partial charge in [-0.1, -0.05) is 36.4 Å². The number of benzene rings is 2. The lowest BCUT2D eigenvalue weighted by Gasteiger charge is -2.19. The Kier molecular flexibility index (Phi) is 8.75. The zero-order valence-electron chi connectivity index (χ0n) is 16.3. The number of carbonyl (C=O) groups excluding carboxylic acids is 2. The van der Waals surface area contributed by atoms with Gasteiger partial charge in [0.15, 0.2) is 0 Å². The van der Waals surface area contributed by atoms with Gasteiger partial charge in [-0.3, -0.25) is 14.8 Å². The molecule has 0 aliphatic heterocycles. The summed E-state index contributed by atoms with van der Waals surface area (Å²) in [5.41, 5.74) is 4.82. The highest BCUT2D eigenvalue weighted by atomic mass is 16.5. The number of aliphatic hydroxyl groups excluding tert-OH is 2. The predicted octanol–water partition coefficient (Wildman–Crippen LogP) is 0.810. The highest BCUT2D eigenvalue weighted by Crippen LogP contribution is 2.20. The zero-order chi connectivity index (χ0) is 21.2. The maximum atomic E-state index is 12.3. The van der Waals surface area contributed by atoms with Crippen LogP contribution in [0.4, 0.5) is 0 Å². The van der Waals surface area contributed by atoms with Gasteiger partial charge in [0.25, 0.3) is 11.8 Å². The average Bonchev–Trinajstić information content (AvgIpc) is 2.74. The summed E-state index contributed by atoms with van der Waals surface area (Å²) in [6, 6.07) is 13.6. The molecule has 2 rings (SSSR count). The van der Waals surface area contributed by atoms with Crippen LogP contribution >= 0.6 is 0 Å². The van der Waals surface area contributed by atoms with Gasteiger partial charge in [-0.2, -0.15) is 0 Å². The van der Waals surface area contributed by atoms with Crippen LogP contribution in [0.5, 0.6) is 0 Å². The minimum atomic E-state index is -1.26. The van der Waals surface area contributed by atoms with Gasteiger partial charge in [0.1, 0.15) is 6.04 Å². The molecule has 0 aromatic heterocycles. The summed E-state index contributed by atoms with van der Waals surface area (Å²) in [7, 11) is 0. The molecule has 2 aromatic carbocycles. The van der Waals surface area contributed by atoms with Crippen LogP contribution in [0.15, 0.2) is 48.5 Å². The Morgan fingerprint density at radius 1 is 1.00 bits per heavy atom. The Morgan fingerprint density at radius 2 is 1.59 bits per heavy atom. The first kappa shape index (κ1) is 22.5. The lowest BCUT2D eigenvalue weighted by molar-refractivity contribution is -0.133. The van der Waals surface area contributed by atoms with E-state index in [9.17, 15) is 14.7 Å². The molecule has 0 spiro atoms. The minimum absolute atomic E-state index is 0.175. The largest absolute Gasteiger partial charge is 0.396 e. The van der Waals surface area contributed by atoms with Gasteiger partial charge < -0.3 is 20.8 Å². The second kappa shape index (κ2) is 11.3. The second-order valence-electron chi connectivity index (χ2n) is 6.70. The highest BCUT2D eigenvalue weighted by molar-refractivity contribution is 5.97. The third-order valence-electron chi connectivity index (χ3n) is 4.44. The van der Waals surface area contributed by atoms with E-state index in [0.29, 0.717) is 5.56 Å². The number of aliphatic hydroxyl groups is 2. The maximum absolute atomic E-state index is 12.3. The molecule has 156 valence electrons. The Bertz CT molecular complexity index is 791. The van der Waals surface area contributed by atoms with E-state index < -0.39 is 24.0 Å². The molecule has 0 heterocycles. The Hall–Kier alpha value is -2.78. The summed E-state index contributed by atoms with van der Waals surface area (Å²) in [5.74, 6) is -1.42. The fourth-order valence-corrected chi connectivity index (χ4v) is 2.77. The fraction of sp³-hybridized carbons (Fsp3) is 0.333. The molecule has 6 N–H and O–H groups in total. The van der Waals surface area contributed by atoms with Crippen molar-refractivity contribution in [3.8, 4) is 11.1 Å². The minimum Gasteiger partial charge on any atom is -0.396 e. The molecule has 0 aliphatic carbocycles. The summed E-state index contributed by atoms with van der Waals surface area (Å²) >= 11 is 0. The fourth-order valence-electron chi connectivity index (χ4n) is 2.77. The number of carbonyl (C=O) groups is 2. The van der Waals surface area contributed by atoms with E-state index in [1.807, 2.05) is 24.3 Å². The van der Waals surface area contributed by atoms with E-state index in [4.69, 9.17) is 10.3 Å². The molecule has 2 amide bonds. The number of nitrogens with one attached hydrogen (secondary N) is 3. The van der Waals surface area contributed by atoms with Gasteiger partial charge in [-0.05, 0) is 48.7 Å². The first-order chi connectivity index (χ1) is 14.0. The zero-order valence-corrected chi connectivity index (χ0v) is 16.3. The van der Waals surface area contributed by atoms with Crippen molar-refractivity contribution in [3.63, 3.8) is 0 Å². The van der Waals surface area contributed by atoms with Crippen LogP contribution in [0.3, 0.4) is 0 Å². The van der Waals surface area contributed by atoms with Crippen LogP contribution < -0.4 is 16.1 Å². The Morgan fingerprint density at radius 3 is 2.10 bits per heavy atom. The molecule has 0 unspecified atom stereocenters. The van der Waals surface area contributed by atoms with Crippen molar-refractivity contribution < 1.29 is 25.0 Å². The van der Waals surface area contributed by atoms with Crippen molar-refractivity contribution in [2.24, 2.45) is 0 Å². The molecule has 0 saturated heterocycles. The van der Waals surface area contributed by atoms with E-state index in [-0.39, 0.29) is 6.61 Å². The van der Waals surface area contributed by atoms with Crippen LogP contribution in [0.2, 0.25) is 0 Å². The molecule has 0 aliphatic rings. The topological polar surface area (TPSA) is 131 Å². The van der Waals surface area contributed by atoms with Crippen molar-refractivity contribution in [2.75, 3.05) is 13.2 Å². The molecule has 29 heavy (non-hydrogen) atoms. The molecular weight excluding hydrogens is 374 g/mol. The summed E-state index contributed by atoms with van der Waals surface area (Å²) in [6.45, 7) is 3.01. The van der Waals surface area contributed by atoms with E-state index in [1.54, 1.807) is 24.3 Å². The lowest BCUT2D eigenvalue weighted by atomic mass is 10.0. The van der Waals surface area contributed by atoms with Gasteiger partial charge in [0.05, 0.1) is 6.10 Å². The number of amides is 2. The third-order valence-corrected chi connectivity index (χ3v) is 4.44. The van der Waals surface area contributed by atoms with Crippen LogP contribution in [0, 0.1) is 0 Å².